The molecule has 0 aromatic carbocycles. The van der Waals surface area contributed by atoms with Crippen molar-refractivity contribution in [1.82, 2.24) is 0 Å². The lowest BCUT2D eigenvalue weighted by Gasteiger charge is -2.55. The van der Waals surface area contributed by atoms with Crippen molar-refractivity contribution >= 4 is 23.4 Å². The van der Waals surface area contributed by atoms with E-state index in [2.05, 4.69) is 19.9 Å². The molecule has 6 aliphatic rings. The van der Waals surface area contributed by atoms with Gasteiger partial charge in [-0.05, 0) is 56.6 Å². The van der Waals surface area contributed by atoms with E-state index in [4.69, 9.17) is 19.2 Å². The molecule has 0 N–H and O–H groups in total. The van der Waals surface area contributed by atoms with Crippen LogP contribution >= 0.6 is 0 Å². The smallest absolute Gasteiger partial charge is 0.303 e. The van der Waals surface area contributed by atoms with E-state index in [-0.39, 0.29) is 53.2 Å². The molecule has 4 aliphatic carbocycles. The zero-order valence-corrected chi connectivity index (χ0v) is 19.0. The highest BCUT2D eigenvalue weighted by atomic mass is 16.6. The van der Waals surface area contributed by atoms with Gasteiger partial charge in [0.2, 0.25) is 5.78 Å². The van der Waals surface area contributed by atoms with Crippen molar-refractivity contribution in [3.8, 4) is 0 Å². The number of ether oxygens (including phenoxy) is 3. The number of nitrogens with zero attached hydrogens (tertiary/aromatic N) is 1. The van der Waals surface area contributed by atoms with E-state index >= 15 is 0 Å². The number of ketones is 2. The molecule has 8 unspecified atom stereocenters. The summed E-state index contributed by atoms with van der Waals surface area (Å²) < 4.78 is 17.8. The Morgan fingerprint density at radius 3 is 2.78 bits per heavy atom. The molecule has 0 amide bonds. The third kappa shape index (κ3) is 2.12. The minimum Gasteiger partial charge on any atom is -0.475 e. The lowest BCUT2D eigenvalue weighted by molar-refractivity contribution is -0.150. The van der Waals surface area contributed by atoms with Gasteiger partial charge < -0.3 is 14.2 Å². The van der Waals surface area contributed by atoms with E-state index in [1.165, 1.54) is 6.92 Å². The van der Waals surface area contributed by atoms with E-state index in [0.29, 0.717) is 12.3 Å². The number of fused-ring (bicyclic) bond motifs is 5. The van der Waals surface area contributed by atoms with Crippen LogP contribution in [0.3, 0.4) is 0 Å². The maximum absolute atomic E-state index is 13.6. The van der Waals surface area contributed by atoms with E-state index in [0.717, 1.165) is 24.8 Å². The van der Waals surface area contributed by atoms with Gasteiger partial charge in [0.15, 0.2) is 23.8 Å². The Labute approximate surface area is 187 Å². The summed E-state index contributed by atoms with van der Waals surface area (Å²) in [6.07, 6.45) is 8.36. The third-order valence-corrected chi connectivity index (χ3v) is 9.61. The Morgan fingerprint density at radius 1 is 1.25 bits per heavy atom. The van der Waals surface area contributed by atoms with Crippen molar-refractivity contribution < 1.29 is 28.6 Å². The molecule has 7 heteroatoms. The standard InChI is InChI=1S/C25H29NO6/c1-13-26-24(19(29)12-30-14(2)27)20(31-13)10-18-17-6-5-15-9-16(28)7-8-22(15,3)25(17)21(32-25)11-23(18,24)4/h7-9,17-18,20-21H,5-6,10-12H2,1-4H3. The molecule has 1 spiro atoms. The zero-order chi connectivity index (χ0) is 22.7. The number of carbonyl (C=O) groups is 3. The molecule has 0 radical (unpaired) electrons. The fourth-order valence-electron chi connectivity index (χ4n) is 8.29. The first kappa shape index (κ1) is 20.3. The molecule has 2 aliphatic heterocycles. The molecule has 2 heterocycles. The number of hydrogen-bond donors (Lipinski definition) is 0. The second-order valence-electron chi connectivity index (χ2n) is 10.8. The molecule has 7 nitrogen and oxygen atoms in total. The molecule has 170 valence electrons. The number of Topliss-reactive ketones (excluding diaryl/α,β-unsaturated/α-hetero) is 1. The Kier molecular flexibility index (Phi) is 3.80. The molecule has 0 aromatic rings. The van der Waals surface area contributed by atoms with Crippen LogP contribution in [-0.2, 0) is 28.6 Å². The Bertz CT molecular complexity index is 1060. The summed E-state index contributed by atoms with van der Waals surface area (Å²) in [5.74, 6) is 0.348. The fraction of sp³-hybridized carbons (Fsp3) is 0.680. The van der Waals surface area contributed by atoms with Crippen LogP contribution in [0.4, 0.5) is 0 Å². The van der Waals surface area contributed by atoms with Crippen LogP contribution in [0.5, 0.6) is 0 Å². The van der Waals surface area contributed by atoms with E-state index in [1.807, 2.05) is 0 Å². The highest BCUT2D eigenvalue weighted by Gasteiger charge is 2.83. The van der Waals surface area contributed by atoms with Crippen molar-refractivity contribution in [3.05, 3.63) is 23.8 Å². The zero-order valence-electron chi connectivity index (χ0n) is 19.0. The van der Waals surface area contributed by atoms with Gasteiger partial charge in [0.05, 0.1) is 6.10 Å². The Hall–Kier alpha value is -2.28. The maximum atomic E-state index is 13.6. The number of aliphatic imine (C=N–C) groups is 1. The van der Waals surface area contributed by atoms with Crippen LogP contribution in [0.25, 0.3) is 0 Å². The van der Waals surface area contributed by atoms with Gasteiger partial charge in [-0.15, -0.1) is 0 Å². The number of carbonyl (C=O) groups excluding carboxylic acids is 3. The maximum Gasteiger partial charge on any atom is 0.303 e. The summed E-state index contributed by atoms with van der Waals surface area (Å²) in [6.45, 7) is 7.18. The molecule has 0 bridgehead atoms. The summed E-state index contributed by atoms with van der Waals surface area (Å²) in [6, 6.07) is 0. The van der Waals surface area contributed by atoms with Crippen molar-refractivity contribution in [2.75, 3.05) is 6.61 Å². The van der Waals surface area contributed by atoms with E-state index < -0.39 is 16.9 Å². The predicted molar refractivity (Wildman–Crippen MR) is 114 cm³/mol. The summed E-state index contributed by atoms with van der Waals surface area (Å²) in [4.78, 5) is 41.9. The van der Waals surface area contributed by atoms with Crippen molar-refractivity contribution in [3.63, 3.8) is 0 Å². The lowest BCUT2D eigenvalue weighted by atomic mass is 9.46. The number of hydrogen-bond acceptors (Lipinski definition) is 7. The Balaban J connectivity index is 1.42. The SMILES string of the molecule is CC(=O)OCC(=O)C12N=C(C)OC1CC1C3CCC4=CC(=O)C=CC4(C)C34OC4CC12C. The van der Waals surface area contributed by atoms with Gasteiger partial charge in [0.25, 0.3) is 0 Å². The largest absolute Gasteiger partial charge is 0.475 e. The average Bonchev–Trinajstić information content (AvgIpc) is 3.26. The van der Waals surface area contributed by atoms with Crippen molar-refractivity contribution in [2.45, 2.75) is 76.7 Å². The molecular weight excluding hydrogens is 410 g/mol. The van der Waals surface area contributed by atoms with Crippen LogP contribution in [0.2, 0.25) is 0 Å². The van der Waals surface area contributed by atoms with Crippen LogP contribution in [0, 0.1) is 22.7 Å². The Morgan fingerprint density at radius 2 is 2.03 bits per heavy atom. The molecule has 8 atom stereocenters. The quantitative estimate of drug-likeness (QED) is 0.496. The monoisotopic (exact) mass is 439 g/mol. The number of allylic oxidation sites excluding steroid dienone is 2. The third-order valence-electron chi connectivity index (χ3n) is 9.61. The molecule has 4 fully saturated rings. The second-order valence-corrected chi connectivity index (χ2v) is 10.8. The first-order chi connectivity index (χ1) is 15.1. The minimum atomic E-state index is -1.05. The topological polar surface area (TPSA) is 94.6 Å². The van der Waals surface area contributed by atoms with Gasteiger partial charge in [-0.2, -0.15) is 0 Å². The highest BCUT2D eigenvalue weighted by molar-refractivity contribution is 6.01. The first-order valence-electron chi connectivity index (χ1n) is 11.6. The molecule has 32 heavy (non-hydrogen) atoms. The second kappa shape index (κ2) is 5.99. The molecule has 3 saturated carbocycles. The van der Waals surface area contributed by atoms with Gasteiger partial charge in [0.1, 0.15) is 11.7 Å². The van der Waals surface area contributed by atoms with Crippen molar-refractivity contribution in [2.24, 2.45) is 27.7 Å². The number of rotatable bonds is 3. The summed E-state index contributed by atoms with van der Waals surface area (Å²) in [7, 11) is 0. The first-order valence-corrected chi connectivity index (χ1v) is 11.6. The van der Waals surface area contributed by atoms with Gasteiger partial charge in [0, 0.05) is 24.7 Å². The van der Waals surface area contributed by atoms with Crippen molar-refractivity contribution in [1.29, 1.82) is 0 Å². The minimum absolute atomic E-state index is 0.00596. The van der Waals surface area contributed by atoms with Gasteiger partial charge >= 0.3 is 5.97 Å². The molecule has 0 aromatic heterocycles. The van der Waals surface area contributed by atoms with E-state index in [1.54, 1.807) is 19.1 Å². The molecule has 6 rings (SSSR count). The van der Waals surface area contributed by atoms with Crippen LogP contribution in [0.1, 0.15) is 53.4 Å². The van der Waals surface area contributed by atoms with Gasteiger partial charge in [-0.1, -0.05) is 18.6 Å². The summed E-state index contributed by atoms with van der Waals surface area (Å²) >= 11 is 0. The lowest BCUT2D eigenvalue weighted by Crippen LogP contribution is -2.62. The van der Waals surface area contributed by atoms with Crippen LogP contribution in [-0.4, -0.2) is 53.4 Å². The average molecular weight is 440 g/mol. The molecular formula is C25H29NO6. The normalized spacial score (nSPS) is 49.4. The van der Waals surface area contributed by atoms with Crippen LogP contribution < -0.4 is 0 Å². The molecule has 1 saturated heterocycles. The van der Waals surface area contributed by atoms with Gasteiger partial charge in [-0.25, -0.2) is 4.99 Å². The summed E-state index contributed by atoms with van der Waals surface area (Å²) in [5, 5.41) is 0. The van der Waals surface area contributed by atoms with E-state index in [9.17, 15) is 14.4 Å². The number of epoxide rings is 1. The van der Waals surface area contributed by atoms with Gasteiger partial charge in [-0.3, -0.25) is 14.4 Å². The predicted octanol–water partition coefficient (Wildman–Crippen LogP) is 2.72. The summed E-state index contributed by atoms with van der Waals surface area (Å²) in [5.41, 5.74) is -0.979. The highest BCUT2D eigenvalue weighted by Crippen LogP contribution is 2.76. The fourth-order valence-corrected chi connectivity index (χ4v) is 8.29. The number of esters is 1. The van der Waals surface area contributed by atoms with Crippen LogP contribution in [0.15, 0.2) is 28.8 Å².